The summed E-state index contributed by atoms with van der Waals surface area (Å²) in [4.78, 5) is 2.72. The lowest BCUT2D eigenvalue weighted by atomic mass is 9.63. The number of hydrogen-bond acceptors (Lipinski definition) is 1. The molecule has 0 saturated heterocycles. The lowest BCUT2D eigenvalue weighted by Crippen LogP contribution is -2.39. The molecule has 3 aliphatic heterocycles. The summed E-state index contributed by atoms with van der Waals surface area (Å²) in [5.74, 6) is 0.351. The van der Waals surface area contributed by atoms with Gasteiger partial charge in [-0.05, 0) is 129 Å². The summed E-state index contributed by atoms with van der Waals surface area (Å²) < 4.78 is 0. The number of benzene rings is 5. The minimum absolute atomic E-state index is 0.133. The van der Waals surface area contributed by atoms with Crippen LogP contribution in [0.4, 0.5) is 17.1 Å². The maximum absolute atomic E-state index is 2.72. The van der Waals surface area contributed by atoms with Crippen LogP contribution in [0.1, 0.15) is 120 Å². The van der Waals surface area contributed by atoms with Gasteiger partial charge in [-0.3, -0.25) is 0 Å². The summed E-state index contributed by atoms with van der Waals surface area (Å²) in [5, 5.41) is 0. The predicted octanol–water partition coefficient (Wildman–Crippen LogP) is 11.6. The molecule has 0 aliphatic carbocycles. The monoisotopic (exact) mass is 587 g/mol. The average molecular weight is 588 g/mol. The highest BCUT2D eigenvalue weighted by molar-refractivity contribution is 5.98. The van der Waals surface area contributed by atoms with Gasteiger partial charge in [0.2, 0.25) is 0 Å². The molecule has 5 aromatic rings. The van der Waals surface area contributed by atoms with Crippen molar-refractivity contribution in [3.05, 3.63) is 155 Å². The lowest BCUT2D eigenvalue weighted by molar-refractivity contribution is 0.621. The summed E-state index contributed by atoms with van der Waals surface area (Å²) in [7, 11) is 0. The molecule has 0 spiro atoms. The van der Waals surface area contributed by atoms with E-state index in [4.69, 9.17) is 0 Å². The minimum atomic E-state index is -0.133. The van der Waals surface area contributed by atoms with E-state index in [0.717, 1.165) is 0 Å². The van der Waals surface area contributed by atoms with E-state index in [0.29, 0.717) is 0 Å². The van der Waals surface area contributed by atoms with Crippen molar-refractivity contribution in [3.8, 4) is 0 Å². The zero-order valence-corrected chi connectivity index (χ0v) is 28.9. The van der Waals surface area contributed by atoms with Crippen LogP contribution in [-0.2, 0) is 5.41 Å². The number of hydrogen-bond donors (Lipinski definition) is 0. The molecular weight excluding hydrogens is 542 g/mol. The van der Waals surface area contributed by atoms with Gasteiger partial charge >= 0.3 is 0 Å². The van der Waals surface area contributed by atoms with Gasteiger partial charge in [0.1, 0.15) is 0 Å². The summed E-state index contributed by atoms with van der Waals surface area (Å²) in [6.07, 6.45) is 0. The van der Waals surface area contributed by atoms with Crippen molar-refractivity contribution in [2.45, 2.75) is 93.4 Å². The van der Waals surface area contributed by atoms with Crippen LogP contribution in [0.15, 0.2) is 60.7 Å². The summed E-state index contributed by atoms with van der Waals surface area (Å²) >= 11 is 0. The first-order chi connectivity index (χ1) is 21.3. The van der Waals surface area contributed by atoms with Crippen LogP contribution in [0.2, 0.25) is 0 Å². The Morgan fingerprint density at radius 3 is 1.04 bits per heavy atom. The zero-order chi connectivity index (χ0) is 31.9. The lowest BCUT2D eigenvalue weighted by Gasteiger charge is -2.52. The van der Waals surface area contributed by atoms with Gasteiger partial charge in [-0.1, -0.05) is 102 Å². The van der Waals surface area contributed by atoms with E-state index >= 15 is 0 Å². The van der Waals surface area contributed by atoms with Gasteiger partial charge in [-0.2, -0.15) is 0 Å². The minimum Gasteiger partial charge on any atom is -0.309 e. The van der Waals surface area contributed by atoms with Crippen LogP contribution < -0.4 is 4.90 Å². The van der Waals surface area contributed by atoms with Crippen molar-refractivity contribution in [2.24, 2.45) is 0 Å². The van der Waals surface area contributed by atoms with Crippen molar-refractivity contribution in [3.63, 3.8) is 0 Å². The fourth-order valence-corrected chi connectivity index (χ4v) is 9.77. The predicted molar refractivity (Wildman–Crippen MR) is 191 cm³/mol. The number of nitrogens with zero attached hydrogens (tertiary/aromatic N) is 1. The number of anilines is 3. The third-order valence-corrected chi connectivity index (χ3v) is 11.2. The van der Waals surface area contributed by atoms with E-state index < -0.39 is 0 Å². The molecule has 226 valence electrons. The van der Waals surface area contributed by atoms with E-state index in [1.54, 1.807) is 0 Å². The van der Waals surface area contributed by atoms with Gasteiger partial charge in [0.15, 0.2) is 0 Å². The standard InChI is InChI=1S/C44H45N/c1-22-12-27(6)37(28(7)13-22)39-31-16-24(3)17-32-40(38-29(8)14-23(2)15-30(38)9)34-19-26(5)21-36-43(34)45(41(31)32)42-33(39)18-25(4)20-35(42)44(36,10)11/h12-21,39-40H,1-11H3. The Labute approximate surface area is 270 Å². The number of aryl methyl sites for hydroxylation is 9. The van der Waals surface area contributed by atoms with Gasteiger partial charge in [-0.25, -0.2) is 0 Å². The molecule has 0 saturated carbocycles. The summed E-state index contributed by atoms with van der Waals surface area (Å²) in [6, 6.07) is 24.6. The molecule has 2 unspecified atom stereocenters. The highest BCUT2D eigenvalue weighted by Crippen LogP contribution is 2.66. The molecular formula is C44H45N. The highest BCUT2D eigenvalue weighted by atomic mass is 15.2. The fraction of sp³-hybridized carbons (Fsp3) is 0.318. The van der Waals surface area contributed by atoms with Crippen molar-refractivity contribution in [2.75, 3.05) is 4.90 Å². The first-order valence-electron chi connectivity index (χ1n) is 16.7. The van der Waals surface area contributed by atoms with Crippen molar-refractivity contribution in [1.82, 2.24) is 0 Å². The molecule has 45 heavy (non-hydrogen) atoms. The summed E-state index contributed by atoms with van der Waals surface area (Å²) in [6.45, 7) is 25.6. The molecule has 0 fully saturated rings. The molecule has 3 aliphatic rings. The van der Waals surface area contributed by atoms with E-state index in [-0.39, 0.29) is 17.3 Å². The molecule has 0 bridgehead atoms. The number of rotatable bonds is 2. The molecule has 3 heterocycles. The molecule has 2 atom stereocenters. The van der Waals surface area contributed by atoms with E-state index in [2.05, 4.69) is 142 Å². The Morgan fingerprint density at radius 2 is 0.689 bits per heavy atom. The third kappa shape index (κ3) is 3.73. The highest BCUT2D eigenvalue weighted by Gasteiger charge is 2.49. The average Bonchev–Trinajstić information content (AvgIpc) is 2.92. The molecule has 1 heteroatoms. The van der Waals surface area contributed by atoms with Gasteiger partial charge in [-0.15, -0.1) is 0 Å². The second-order valence-electron chi connectivity index (χ2n) is 15.2. The normalized spacial score (nSPS) is 18.2. The van der Waals surface area contributed by atoms with Crippen LogP contribution >= 0.6 is 0 Å². The molecule has 5 aromatic carbocycles. The van der Waals surface area contributed by atoms with Crippen LogP contribution in [0, 0.1) is 62.3 Å². The molecule has 0 N–H and O–H groups in total. The van der Waals surface area contributed by atoms with Crippen LogP contribution in [0.5, 0.6) is 0 Å². The SMILES string of the molecule is Cc1cc(C)c(C2c3cc(C)cc4c3N3c5c2cc(C)cc5C(C)(C)c2cc(C)cc(c23)C4c2c(C)cc(C)cc2C)c(C)c1. The van der Waals surface area contributed by atoms with Gasteiger partial charge in [0.05, 0.1) is 17.1 Å². The van der Waals surface area contributed by atoms with E-state index in [1.165, 1.54) is 112 Å². The maximum atomic E-state index is 2.72. The molecule has 0 aromatic heterocycles. The first-order valence-corrected chi connectivity index (χ1v) is 16.7. The van der Waals surface area contributed by atoms with Gasteiger partial charge in [0.25, 0.3) is 0 Å². The first kappa shape index (κ1) is 28.4. The van der Waals surface area contributed by atoms with Crippen LogP contribution in [0.3, 0.4) is 0 Å². The Hall–Kier alpha value is -4.10. The Morgan fingerprint density at radius 1 is 0.400 bits per heavy atom. The van der Waals surface area contributed by atoms with E-state index in [9.17, 15) is 0 Å². The Kier molecular flexibility index (Phi) is 5.82. The molecule has 8 rings (SSSR count). The molecule has 0 amide bonds. The Balaban J connectivity index is 1.59. The van der Waals surface area contributed by atoms with Gasteiger partial charge < -0.3 is 4.90 Å². The van der Waals surface area contributed by atoms with Crippen LogP contribution in [-0.4, -0.2) is 0 Å². The van der Waals surface area contributed by atoms with Crippen LogP contribution in [0.25, 0.3) is 0 Å². The summed E-state index contributed by atoms with van der Waals surface area (Å²) in [5.41, 5.74) is 28.0. The maximum Gasteiger partial charge on any atom is 0.0545 e. The smallest absolute Gasteiger partial charge is 0.0545 e. The zero-order valence-electron chi connectivity index (χ0n) is 28.9. The largest absolute Gasteiger partial charge is 0.309 e. The molecule has 1 nitrogen and oxygen atoms in total. The third-order valence-electron chi connectivity index (χ3n) is 11.2. The molecule has 0 radical (unpaired) electrons. The second kappa shape index (κ2) is 9.23. The van der Waals surface area contributed by atoms with Crippen molar-refractivity contribution < 1.29 is 0 Å². The fourth-order valence-electron chi connectivity index (χ4n) is 9.77. The van der Waals surface area contributed by atoms with Crippen molar-refractivity contribution in [1.29, 1.82) is 0 Å². The Bertz CT molecular complexity index is 1950. The van der Waals surface area contributed by atoms with E-state index in [1.807, 2.05) is 0 Å². The topological polar surface area (TPSA) is 3.24 Å². The second-order valence-corrected chi connectivity index (χ2v) is 15.2. The quantitative estimate of drug-likeness (QED) is 0.194. The van der Waals surface area contributed by atoms with Gasteiger partial charge in [0, 0.05) is 17.3 Å². The van der Waals surface area contributed by atoms with Crippen molar-refractivity contribution >= 4 is 17.1 Å².